The van der Waals surface area contributed by atoms with Gasteiger partial charge in [-0.05, 0) is 37.1 Å². The minimum Gasteiger partial charge on any atom is -0.484 e. The molecule has 1 saturated heterocycles. The number of halogens is 1. The van der Waals surface area contributed by atoms with Gasteiger partial charge in [-0.15, -0.1) is 0 Å². The molecule has 4 nitrogen and oxygen atoms in total. The molecule has 0 spiro atoms. The molecule has 1 N–H and O–H groups in total. The summed E-state index contributed by atoms with van der Waals surface area (Å²) < 4.78 is 5.40. The SMILES string of the molecule is O=C(COc1ccc(Cl)cc1)NN1CCCCCC1. The predicted octanol–water partition coefficient (Wildman–Crippen LogP) is 2.63. The van der Waals surface area contributed by atoms with E-state index in [0.717, 1.165) is 25.9 Å². The van der Waals surface area contributed by atoms with E-state index < -0.39 is 0 Å². The maximum absolute atomic E-state index is 11.8. The van der Waals surface area contributed by atoms with Gasteiger partial charge in [-0.3, -0.25) is 10.2 Å². The van der Waals surface area contributed by atoms with Crippen molar-refractivity contribution in [2.24, 2.45) is 0 Å². The van der Waals surface area contributed by atoms with Crippen LogP contribution in [0.4, 0.5) is 0 Å². The summed E-state index contributed by atoms with van der Waals surface area (Å²) in [7, 11) is 0. The molecule has 1 heterocycles. The van der Waals surface area contributed by atoms with Crippen LogP contribution in [0.15, 0.2) is 24.3 Å². The lowest BCUT2D eigenvalue weighted by atomic mass is 10.2. The zero-order chi connectivity index (χ0) is 13.5. The predicted molar refractivity (Wildman–Crippen MR) is 75.1 cm³/mol. The average molecular weight is 283 g/mol. The van der Waals surface area contributed by atoms with E-state index in [1.807, 2.05) is 5.01 Å². The number of carbonyl (C=O) groups excluding carboxylic acids is 1. The van der Waals surface area contributed by atoms with E-state index in [9.17, 15) is 4.79 Å². The lowest BCUT2D eigenvalue weighted by Crippen LogP contribution is -2.44. The van der Waals surface area contributed by atoms with Crippen LogP contribution in [-0.2, 0) is 4.79 Å². The normalized spacial score (nSPS) is 16.7. The van der Waals surface area contributed by atoms with E-state index in [2.05, 4.69) is 5.43 Å². The smallest absolute Gasteiger partial charge is 0.272 e. The largest absolute Gasteiger partial charge is 0.484 e. The van der Waals surface area contributed by atoms with Gasteiger partial charge >= 0.3 is 0 Å². The number of nitrogens with zero attached hydrogens (tertiary/aromatic N) is 1. The van der Waals surface area contributed by atoms with Crippen LogP contribution < -0.4 is 10.2 Å². The van der Waals surface area contributed by atoms with Crippen LogP contribution in [0, 0.1) is 0 Å². The summed E-state index contributed by atoms with van der Waals surface area (Å²) in [4.78, 5) is 11.8. The van der Waals surface area contributed by atoms with Crippen molar-refractivity contribution in [3.05, 3.63) is 29.3 Å². The van der Waals surface area contributed by atoms with Gasteiger partial charge < -0.3 is 4.74 Å². The monoisotopic (exact) mass is 282 g/mol. The Morgan fingerprint density at radius 1 is 1.16 bits per heavy atom. The molecule has 1 aliphatic rings. The molecular weight excluding hydrogens is 264 g/mol. The van der Waals surface area contributed by atoms with Crippen LogP contribution in [0.3, 0.4) is 0 Å². The molecule has 0 radical (unpaired) electrons. The average Bonchev–Trinajstić information content (AvgIpc) is 2.67. The fourth-order valence-corrected chi connectivity index (χ4v) is 2.20. The minimum atomic E-state index is -0.114. The Balaban J connectivity index is 1.73. The molecule has 2 rings (SSSR count). The molecule has 0 bridgehead atoms. The number of hydrogen-bond acceptors (Lipinski definition) is 3. The van der Waals surface area contributed by atoms with Crippen molar-refractivity contribution in [3.63, 3.8) is 0 Å². The van der Waals surface area contributed by atoms with Crippen LogP contribution >= 0.6 is 11.6 Å². The van der Waals surface area contributed by atoms with Crippen molar-refractivity contribution in [1.82, 2.24) is 10.4 Å². The summed E-state index contributed by atoms with van der Waals surface area (Å²) in [5.41, 5.74) is 2.88. The van der Waals surface area contributed by atoms with E-state index in [1.165, 1.54) is 12.8 Å². The van der Waals surface area contributed by atoms with Crippen LogP contribution in [-0.4, -0.2) is 30.6 Å². The van der Waals surface area contributed by atoms with Crippen molar-refractivity contribution in [1.29, 1.82) is 0 Å². The Hall–Kier alpha value is -1.26. The fraction of sp³-hybridized carbons (Fsp3) is 0.500. The highest BCUT2D eigenvalue weighted by Gasteiger charge is 2.12. The van der Waals surface area contributed by atoms with Gasteiger partial charge in [0.1, 0.15) is 5.75 Å². The second-order valence-electron chi connectivity index (χ2n) is 4.68. The Bertz CT molecular complexity index is 400. The fourth-order valence-electron chi connectivity index (χ4n) is 2.07. The number of hydrogen-bond donors (Lipinski definition) is 1. The second kappa shape index (κ2) is 7.36. The van der Waals surface area contributed by atoms with Crippen molar-refractivity contribution in [2.75, 3.05) is 19.7 Å². The van der Waals surface area contributed by atoms with Gasteiger partial charge in [0.2, 0.25) is 0 Å². The number of amides is 1. The van der Waals surface area contributed by atoms with E-state index in [1.54, 1.807) is 24.3 Å². The van der Waals surface area contributed by atoms with Gasteiger partial charge in [0.15, 0.2) is 6.61 Å². The third-order valence-electron chi connectivity index (χ3n) is 3.07. The molecule has 1 amide bonds. The summed E-state index contributed by atoms with van der Waals surface area (Å²) in [6, 6.07) is 6.98. The molecular formula is C14H19ClN2O2. The van der Waals surface area contributed by atoms with Crippen molar-refractivity contribution < 1.29 is 9.53 Å². The first-order valence-corrected chi connectivity index (χ1v) is 7.04. The molecule has 0 aromatic heterocycles. The standard InChI is InChI=1S/C14H19ClN2O2/c15-12-5-7-13(8-6-12)19-11-14(18)16-17-9-3-1-2-4-10-17/h5-8H,1-4,9-11H2,(H,16,18). The topological polar surface area (TPSA) is 41.6 Å². The Morgan fingerprint density at radius 2 is 1.79 bits per heavy atom. The molecule has 5 heteroatoms. The van der Waals surface area contributed by atoms with E-state index in [0.29, 0.717) is 10.8 Å². The highest BCUT2D eigenvalue weighted by molar-refractivity contribution is 6.30. The van der Waals surface area contributed by atoms with Crippen molar-refractivity contribution >= 4 is 17.5 Å². The van der Waals surface area contributed by atoms with Crippen LogP contribution in [0.5, 0.6) is 5.75 Å². The van der Waals surface area contributed by atoms with Gasteiger partial charge in [-0.25, -0.2) is 5.01 Å². The highest BCUT2D eigenvalue weighted by Crippen LogP contribution is 2.15. The third-order valence-corrected chi connectivity index (χ3v) is 3.32. The van der Waals surface area contributed by atoms with E-state index in [4.69, 9.17) is 16.3 Å². The van der Waals surface area contributed by atoms with Gasteiger partial charge in [-0.1, -0.05) is 24.4 Å². The number of rotatable bonds is 4. The molecule has 0 unspecified atom stereocenters. The third kappa shape index (κ3) is 5.09. The summed E-state index contributed by atoms with van der Waals surface area (Å²) in [6.45, 7) is 1.87. The van der Waals surface area contributed by atoms with E-state index in [-0.39, 0.29) is 12.5 Å². The Labute approximate surface area is 118 Å². The zero-order valence-electron chi connectivity index (χ0n) is 10.9. The first kappa shape index (κ1) is 14.2. The number of carbonyl (C=O) groups is 1. The Morgan fingerprint density at radius 3 is 2.42 bits per heavy atom. The number of hydrazine groups is 1. The maximum atomic E-state index is 11.8. The molecule has 1 aromatic rings. The van der Waals surface area contributed by atoms with Gasteiger partial charge in [-0.2, -0.15) is 0 Å². The summed E-state index contributed by atoms with van der Waals surface area (Å²) in [5, 5.41) is 2.64. The number of nitrogens with one attached hydrogen (secondary N) is 1. The molecule has 1 fully saturated rings. The lowest BCUT2D eigenvalue weighted by molar-refractivity contribution is -0.128. The minimum absolute atomic E-state index is 0.0259. The van der Waals surface area contributed by atoms with E-state index >= 15 is 0 Å². The molecule has 0 atom stereocenters. The Kier molecular flexibility index (Phi) is 5.48. The summed E-state index contributed by atoms with van der Waals surface area (Å²) >= 11 is 5.78. The van der Waals surface area contributed by atoms with Gasteiger partial charge in [0, 0.05) is 18.1 Å². The van der Waals surface area contributed by atoms with Gasteiger partial charge in [0.25, 0.3) is 5.91 Å². The number of ether oxygens (including phenoxy) is 1. The number of benzene rings is 1. The maximum Gasteiger partial charge on any atom is 0.272 e. The van der Waals surface area contributed by atoms with Crippen molar-refractivity contribution in [3.8, 4) is 5.75 Å². The highest BCUT2D eigenvalue weighted by atomic mass is 35.5. The molecule has 19 heavy (non-hydrogen) atoms. The zero-order valence-corrected chi connectivity index (χ0v) is 11.7. The van der Waals surface area contributed by atoms with Crippen LogP contribution in [0.2, 0.25) is 5.02 Å². The molecule has 0 saturated carbocycles. The van der Waals surface area contributed by atoms with Gasteiger partial charge in [0.05, 0.1) is 0 Å². The summed E-state index contributed by atoms with van der Waals surface area (Å²) in [5.74, 6) is 0.535. The van der Waals surface area contributed by atoms with Crippen LogP contribution in [0.1, 0.15) is 25.7 Å². The quantitative estimate of drug-likeness (QED) is 0.923. The summed E-state index contributed by atoms with van der Waals surface area (Å²) in [6.07, 6.45) is 4.76. The molecule has 1 aromatic carbocycles. The first-order valence-electron chi connectivity index (χ1n) is 6.67. The van der Waals surface area contributed by atoms with Crippen LogP contribution in [0.25, 0.3) is 0 Å². The molecule has 1 aliphatic heterocycles. The molecule has 0 aliphatic carbocycles. The first-order chi connectivity index (χ1) is 9.24. The van der Waals surface area contributed by atoms with Crippen molar-refractivity contribution in [2.45, 2.75) is 25.7 Å². The lowest BCUT2D eigenvalue weighted by Gasteiger charge is -2.20. The second-order valence-corrected chi connectivity index (χ2v) is 5.12. The molecule has 104 valence electrons.